The number of halogens is 1. The largest absolute Gasteiger partial charge is 0.490 e. The zero-order valence-corrected chi connectivity index (χ0v) is 21.6. The third-order valence-electron chi connectivity index (χ3n) is 5.18. The summed E-state index contributed by atoms with van der Waals surface area (Å²) in [7, 11) is 0. The van der Waals surface area contributed by atoms with Gasteiger partial charge in [0.05, 0.1) is 16.0 Å². The van der Waals surface area contributed by atoms with Crippen LogP contribution in [0.3, 0.4) is 0 Å². The highest BCUT2D eigenvalue weighted by Crippen LogP contribution is 2.38. The van der Waals surface area contributed by atoms with Crippen LogP contribution in [0.2, 0.25) is 0 Å². The predicted molar refractivity (Wildman–Crippen MR) is 141 cm³/mol. The van der Waals surface area contributed by atoms with Crippen molar-refractivity contribution in [3.05, 3.63) is 97.0 Å². The van der Waals surface area contributed by atoms with Crippen molar-refractivity contribution in [2.24, 2.45) is 0 Å². The quantitative estimate of drug-likeness (QED) is 0.141. The van der Waals surface area contributed by atoms with Gasteiger partial charge in [-0.2, -0.15) is 5.26 Å². The molecule has 0 unspecified atom stereocenters. The molecule has 0 fully saturated rings. The Labute approximate surface area is 217 Å². The molecule has 0 spiro atoms. The SMILES string of the molecule is CCOc1cc(/C=C(/C#N)C(=O)Nc2cc(C)ccc2C)cc(Br)c1OCc1ccc([N+](=O)[O-])cc1. The molecule has 9 heteroatoms. The number of nitro groups is 1. The third-order valence-corrected chi connectivity index (χ3v) is 5.77. The van der Waals surface area contributed by atoms with Gasteiger partial charge in [0.25, 0.3) is 11.6 Å². The fourth-order valence-corrected chi connectivity index (χ4v) is 3.89. The molecule has 3 aromatic carbocycles. The summed E-state index contributed by atoms with van der Waals surface area (Å²) < 4.78 is 12.2. The van der Waals surface area contributed by atoms with E-state index in [9.17, 15) is 20.2 Å². The molecule has 3 aromatic rings. The first kappa shape index (κ1) is 26.4. The monoisotopic (exact) mass is 549 g/mol. The zero-order valence-electron chi connectivity index (χ0n) is 20.0. The van der Waals surface area contributed by atoms with Gasteiger partial charge < -0.3 is 14.8 Å². The highest BCUT2D eigenvalue weighted by molar-refractivity contribution is 9.10. The van der Waals surface area contributed by atoms with Crippen LogP contribution in [0.15, 0.2) is 64.6 Å². The van der Waals surface area contributed by atoms with E-state index in [1.54, 1.807) is 24.3 Å². The Bertz CT molecular complexity index is 1360. The average molecular weight is 550 g/mol. The fourth-order valence-electron chi connectivity index (χ4n) is 3.32. The van der Waals surface area contributed by atoms with Crippen LogP contribution in [0.1, 0.15) is 29.2 Å². The summed E-state index contributed by atoms with van der Waals surface area (Å²) in [4.78, 5) is 23.2. The smallest absolute Gasteiger partial charge is 0.269 e. The molecular weight excluding hydrogens is 526 g/mol. The molecule has 0 radical (unpaired) electrons. The number of aryl methyl sites for hydroxylation is 2. The lowest BCUT2D eigenvalue weighted by molar-refractivity contribution is -0.384. The molecule has 0 bridgehead atoms. The minimum Gasteiger partial charge on any atom is -0.490 e. The van der Waals surface area contributed by atoms with E-state index in [1.165, 1.54) is 18.2 Å². The Kier molecular flexibility index (Phi) is 8.81. The molecule has 1 N–H and O–H groups in total. The topological polar surface area (TPSA) is 114 Å². The maximum atomic E-state index is 12.8. The van der Waals surface area contributed by atoms with E-state index < -0.39 is 10.8 Å². The number of nitrogens with one attached hydrogen (secondary N) is 1. The number of rotatable bonds is 9. The summed E-state index contributed by atoms with van der Waals surface area (Å²) in [5.74, 6) is 0.344. The van der Waals surface area contributed by atoms with Crippen LogP contribution < -0.4 is 14.8 Å². The van der Waals surface area contributed by atoms with Gasteiger partial charge in [0.15, 0.2) is 11.5 Å². The number of amides is 1. The van der Waals surface area contributed by atoms with Gasteiger partial charge in [-0.3, -0.25) is 14.9 Å². The summed E-state index contributed by atoms with van der Waals surface area (Å²) in [6.07, 6.45) is 1.48. The Morgan fingerprint density at radius 3 is 2.50 bits per heavy atom. The van der Waals surface area contributed by atoms with Crippen LogP contribution in [0, 0.1) is 35.3 Å². The van der Waals surface area contributed by atoms with E-state index in [-0.39, 0.29) is 17.9 Å². The molecule has 8 nitrogen and oxygen atoms in total. The van der Waals surface area contributed by atoms with Crippen molar-refractivity contribution >= 4 is 39.3 Å². The van der Waals surface area contributed by atoms with Gasteiger partial charge in [-0.15, -0.1) is 0 Å². The minimum atomic E-state index is -0.515. The molecule has 184 valence electrons. The number of non-ortho nitro benzene ring substituents is 1. The van der Waals surface area contributed by atoms with Gasteiger partial charge in [0, 0.05) is 17.8 Å². The van der Waals surface area contributed by atoms with Gasteiger partial charge in [0.2, 0.25) is 0 Å². The molecule has 0 aromatic heterocycles. The van der Waals surface area contributed by atoms with Gasteiger partial charge >= 0.3 is 0 Å². The van der Waals surface area contributed by atoms with Crippen molar-refractivity contribution in [2.45, 2.75) is 27.4 Å². The summed E-state index contributed by atoms with van der Waals surface area (Å²) in [6.45, 7) is 6.16. The number of ether oxygens (including phenoxy) is 2. The molecule has 0 aliphatic rings. The third kappa shape index (κ3) is 6.71. The van der Waals surface area contributed by atoms with Crippen molar-refractivity contribution < 1.29 is 19.2 Å². The van der Waals surface area contributed by atoms with E-state index in [1.807, 2.05) is 45.0 Å². The molecule has 0 saturated carbocycles. The Balaban J connectivity index is 1.84. The van der Waals surface area contributed by atoms with E-state index in [4.69, 9.17) is 9.47 Å². The second-order valence-electron chi connectivity index (χ2n) is 7.92. The number of nitriles is 1. The number of carbonyl (C=O) groups is 1. The van der Waals surface area contributed by atoms with Crippen LogP contribution in [0.4, 0.5) is 11.4 Å². The molecule has 0 heterocycles. The van der Waals surface area contributed by atoms with Gasteiger partial charge in [-0.1, -0.05) is 12.1 Å². The molecule has 3 rings (SSSR count). The van der Waals surface area contributed by atoms with E-state index >= 15 is 0 Å². The van der Waals surface area contributed by atoms with Crippen LogP contribution in [0.25, 0.3) is 6.08 Å². The first-order chi connectivity index (χ1) is 17.2. The summed E-state index contributed by atoms with van der Waals surface area (Å²) in [5, 5.41) is 23.3. The minimum absolute atomic E-state index is 0.000898. The molecule has 36 heavy (non-hydrogen) atoms. The van der Waals surface area contributed by atoms with Crippen LogP contribution in [0.5, 0.6) is 11.5 Å². The number of hydrogen-bond donors (Lipinski definition) is 1. The van der Waals surface area contributed by atoms with Gasteiger partial charge in [-0.25, -0.2) is 0 Å². The first-order valence-electron chi connectivity index (χ1n) is 11.0. The maximum absolute atomic E-state index is 12.8. The highest BCUT2D eigenvalue weighted by Gasteiger charge is 2.16. The van der Waals surface area contributed by atoms with Crippen LogP contribution in [-0.4, -0.2) is 17.4 Å². The second kappa shape index (κ2) is 12.0. The summed E-state index contributed by atoms with van der Waals surface area (Å²) >= 11 is 3.49. The molecular formula is C27H24BrN3O5. The lowest BCUT2D eigenvalue weighted by Crippen LogP contribution is -2.14. The average Bonchev–Trinajstić information content (AvgIpc) is 2.84. The fraction of sp³-hybridized carbons (Fsp3) is 0.185. The van der Waals surface area contributed by atoms with E-state index in [0.29, 0.717) is 33.8 Å². The van der Waals surface area contributed by atoms with Crippen LogP contribution >= 0.6 is 15.9 Å². The molecule has 0 aliphatic carbocycles. The van der Waals surface area contributed by atoms with E-state index in [2.05, 4.69) is 21.2 Å². The number of carbonyl (C=O) groups excluding carboxylic acids is 1. The number of anilines is 1. The normalized spacial score (nSPS) is 10.9. The molecule has 1 amide bonds. The number of hydrogen-bond acceptors (Lipinski definition) is 6. The number of nitrogens with zero attached hydrogens (tertiary/aromatic N) is 2. The highest BCUT2D eigenvalue weighted by atomic mass is 79.9. The Morgan fingerprint density at radius 1 is 1.14 bits per heavy atom. The standard InChI is InChI=1S/C27H24BrN3O5/c1-4-35-25-14-20(12-21(15-29)27(32)30-24-11-17(2)5-6-18(24)3)13-23(28)26(25)36-16-19-7-9-22(10-8-19)31(33)34/h5-14H,4,16H2,1-3H3,(H,30,32)/b21-12-. The Morgan fingerprint density at radius 2 is 1.86 bits per heavy atom. The van der Waals surface area contributed by atoms with Crippen LogP contribution in [-0.2, 0) is 11.4 Å². The molecule has 0 atom stereocenters. The van der Waals surface area contributed by atoms with Crippen molar-refractivity contribution in [1.29, 1.82) is 5.26 Å². The summed E-state index contributed by atoms with van der Waals surface area (Å²) in [6, 6.07) is 17.1. The maximum Gasteiger partial charge on any atom is 0.269 e. The van der Waals surface area contributed by atoms with Crippen molar-refractivity contribution in [1.82, 2.24) is 0 Å². The summed E-state index contributed by atoms with van der Waals surface area (Å²) in [5.41, 5.74) is 3.78. The molecule has 0 saturated heterocycles. The lowest BCUT2D eigenvalue weighted by atomic mass is 10.1. The predicted octanol–water partition coefficient (Wildman–Crippen LogP) is 6.50. The van der Waals surface area contributed by atoms with Crippen molar-refractivity contribution in [3.8, 4) is 17.6 Å². The van der Waals surface area contributed by atoms with Crippen molar-refractivity contribution in [2.75, 3.05) is 11.9 Å². The van der Waals surface area contributed by atoms with E-state index in [0.717, 1.165) is 16.7 Å². The first-order valence-corrected chi connectivity index (χ1v) is 11.8. The van der Waals surface area contributed by atoms with Gasteiger partial charge in [0.1, 0.15) is 18.2 Å². The van der Waals surface area contributed by atoms with Gasteiger partial charge in [-0.05, 0) is 95.4 Å². The lowest BCUT2D eigenvalue weighted by Gasteiger charge is -2.15. The number of benzene rings is 3. The number of nitro benzene ring substituents is 1. The van der Waals surface area contributed by atoms with Crippen molar-refractivity contribution in [3.63, 3.8) is 0 Å². The Hall–Kier alpha value is -4.16. The second-order valence-corrected chi connectivity index (χ2v) is 8.77. The molecule has 0 aliphatic heterocycles. The zero-order chi connectivity index (χ0) is 26.2.